The molecule has 0 bridgehead atoms. The molecule has 0 amide bonds. The number of furan rings is 1. The highest BCUT2D eigenvalue weighted by Crippen LogP contribution is 2.29. The fourth-order valence-corrected chi connectivity index (χ4v) is 3.06. The van der Waals surface area contributed by atoms with E-state index in [1.54, 1.807) is 6.26 Å². The Balaban J connectivity index is 2.26. The maximum Gasteiger partial charge on any atom is 0.173 e. The quantitative estimate of drug-likeness (QED) is 0.808. The van der Waals surface area contributed by atoms with Gasteiger partial charge in [-0.15, -0.1) is 0 Å². The second kappa shape index (κ2) is 7.09. The topological polar surface area (TPSA) is 25.2 Å². The molecule has 0 radical (unpaired) electrons. The molecule has 1 aromatic heterocycles. The molecule has 1 atom stereocenters. The van der Waals surface area contributed by atoms with Crippen LogP contribution in [0.4, 0.5) is 0 Å². The summed E-state index contributed by atoms with van der Waals surface area (Å²) in [6.45, 7) is 7.56. The maximum atomic E-state index is 5.40. The summed E-state index contributed by atoms with van der Waals surface area (Å²) in [6.07, 6.45) is 3.85. The predicted octanol–water partition coefficient (Wildman–Crippen LogP) is 4.94. The van der Waals surface area contributed by atoms with Crippen LogP contribution in [0.15, 0.2) is 39.6 Å². The van der Waals surface area contributed by atoms with Gasteiger partial charge in [0.15, 0.2) is 4.67 Å². The summed E-state index contributed by atoms with van der Waals surface area (Å²) in [4.78, 5) is 0. The Morgan fingerprint density at radius 1 is 1.20 bits per heavy atom. The smallest absolute Gasteiger partial charge is 0.173 e. The average molecular weight is 336 g/mol. The first-order valence-electron chi connectivity index (χ1n) is 7.14. The van der Waals surface area contributed by atoms with Gasteiger partial charge >= 0.3 is 0 Å². The average Bonchev–Trinajstić information content (AvgIpc) is 2.84. The Labute approximate surface area is 129 Å². The van der Waals surface area contributed by atoms with E-state index in [9.17, 15) is 0 Å². The lowest BCUT2D eigenvalue weighted by molar-refractivity contribution is 0.497. The molecule has 1 heterocycles. The first-order chi connectivity index (χ1) is 9.63. The van der Waals surface area contributed by atoms with Crippen LogP contribution in [0, 0.1) is 13.8 Å². The number of halogens is 1. The van der Waals surface area contributed by atoms with Crippen LogP contribution in [-0.4, -0.2) is 6.54 Å². The summed E-state index contributed by atoms with van der Waals surface area (Å²) < 4.78 is 6.23. The molecule has 1 N–H and O–H groups in total. The number of hydrogen-bond donors (Lipinski definition) is 1. The molecule has 0 spiro atoms. The van der Waals surface area contributed by atoms with Crippen molar-refractivity contribution in [2.45, 2.75) is 39.7 Å². The van der Waals surface area contributed by atoms with Gasteiger partial charge in [-0.2, -0.15) is 0 Å². The third kappa shape index (κ3) is 3.53. The zero-order valence-electron chi connectivity index (χ0n) is 12.4. The first kappa shape index (κ1) is 15.3. The molecule has 0 aliphatic carbocycles. The molecular weight excluding hydrogens is 314 g/mol. The molecule has 1 aromatic carbocycles. The van der Waals surface area contributed by atoms with Crippen LogP contribution in [0.2, 0.25) is 0 Å². The van der Waals surface area contributed by atoms with Gasteiger partial charge in [-0.25, -0.2) is 0 Å². The Kier molecular flexibility index (Phi) is 5.44. The Bertz CT molecular complexity index is 542. The zero-order chi connectivity index (χ0) is 14.5. The van der Waals surface area contributed by atoms with Crippen LogP contribution in [0.5, 0.6) is 0 Å². The van der Waals surface area contributed by atoms with Crippen molar-refractivity contribution in [3.63, 3.8) is 0 Å². The van der Waals surface area contributed by atoms with Gasteiger partial charge in [0.25, 0.3) is 0 Å². The van der Waals surface area contributed by atoms with E-state index in [1.807, 2.05) is 6.07 Å². The third-order valence-corrected chi connectivity index (χ3v) is 4.36. The van der Waals surface area contributed by atoms with Crippen molar-refractivity contribution in [2.24, 2.45) is 0 Å². The molecule has 20 heavy (non-hydrogen) atoms. The summed E-state index contributed by atoms with van der Waals surface area (Å²) in [7, 11) is 0. The minimum Gasteiger partial charge on any atom is -0.457 e. The van der Waals surface area contributed by atoms with E-state index in [1.165, 1.54) is 22.3 Å². The van der Waals surface area contributed by atoms with Crippen molar-refractivity contribution in [1.29, 1.82) is 0 Å². The van der Waals surface area contributed by atoms with Crippen molar-refractivity contribution in [2.75, 3.05) is 6.54 Å². The van der Waals surface area contributed by atoms with Crippen LogP contribution in [0.1, 0.15) is 41.6 Å². The van der Waals surface area contributed by atoms with Crippen LogP contribution in [0.3, 0.4) is 0 Å². The molecule has 108 valence electrons. The van der Waals surface area contributed by atoms with E-state index >= 15 is 0 Å². The molecule has 2 rings (SSSR count). The molecule has 0 saturated carbocycles. The highest BCUT2D eigenvalue weighted by molar-refractivity contribution is 9.10. The van der Waals surface area contributed by atoms with Gasteiger partial charge in [-0.3, -0.25) is 0 Å². The number of aryl methyl sites for hydroxylation is 2. The molecule has 0 fully saturated rings. The predicted molar refractivity (Wildman–Crippen MR) is 87.1 cm³/mol. The summed E-state index contributed by atoms with van der Waals surface area (Å²) in [5.74, 6) is 0. The van der Waals surface area contributed by atoms with E-state index in [0.717, 1.165) is 24.1 Å². The molecule has 2 aromatic rings. The highest BCUT2D eigenvalue weighted by Gasteiger charge is 2.18. The Morgan fingerprint density at radius 3 is 2.45 bits per heavy atom. The Hall–Kier alpha value is -1.06. The van der Waals surface area contributed by atoms with Crippen molar-refractivity contribution in [1.82, 2.24) is 5.32 Å². The summed E-state index contributed by atoms with van der Waals surface area (Å²) in [5, 5.41) is 3.63. The van der Waals surface area contributed by atoms with Crippen LogP contribution in [0.25, 0.3) is 0 Å². The zero-order valence-corrected chi connectivity index (χ0v) is 14.0. The van der Waals surface area contributed by atoms with Gasteiger partial charge in [0.1, 0.15) is 0 Å². The summed E-state index contributed by atoms with van der Waals surface area (Å²) >= 11 is 3.50. The minimum absolute atomic E-state index is 0.280. The van der Waals surface area contributed by atoms with Crippen molar-refractivity contribution in [3.8, 4) is 0 Å². The SMILES string of the molecule is CCCNC(Cc1c(C)cccc1C)c1ccoc1Br. The lowest BCUT2D eigenvalue weighted by Gasteiger charge is -2.20. The van der Waals surface area contributed by atoms with Gasteiger partial charge in [-0.05, 0) is 71.9 Å². The van der Waals surface area contributed by atoms with Crippen molar-refractivity contribution >= 4 is 15.9 Å². The van der Waals surface area contributed by atoms with E-state index in [-0.39, 0.29) is 6.04 Å². The Morgan fingerprint density at radius 2 is 1.90 bits per heavy atom. The largest absolute Gasteiger partial charge is 0.457 e. The number of rotatable bonds is 6. The number of benzene rings is 1. The van der Waals surface area contributed by atoms with Gasteiger partial charge < -0.3 is 9.73 Å². The van der Waals surface area contributed by atoms with Gasteiger partial charge in [0.2, 0.25) is 0 Å². The standard InChI is InChI=1S/C17H22BrNO/c1-4-9-19-16(14-8-10-20-17(14)18)11-15-12(2)6-5-7-13(15)3/h5-8,10,16,19H,4,9,11H2,1-3H3. The van der Waals surface area contributed by atoms with Crippen LogP contribution in [-0.2, 0) is 6.42 Å². The second-order valence-electron chi connectivity index (χ2n) is 5.23. The fraction of sp³-hybridized carbons (Fsp3) is 0.412. The van der Waals surface area contributed by atoms with Crippen LogP contribution < -0.4 is 5.32 Å². The van der Waals surface area contributed by atoms with Crippen LogP contribution >= 0.6 is 15.9 Å². The molecule has 1 unspecified atom stereocenters. The van der Waals surface area contributed by atoms with Gasteiger partial charge in [-0.1, -0.05) is 25.1 Å². The van der Waals surface area contributed by atoms with E-state index in [4.69, 9.17) is 4.42 Å². The number of nitrogens with one attached hydrogen (secondary N) is 1. The molecule has 0 aliphatic heterocycles. The molecule has 0 saturated heterocycles. The second-order valence-corrected chi connectivity index (χ2v) is 5.95. The fourth-order valence-electron chi connectivity index (χ4n) is 2.54. The first-order valence-corrected chi connectivity index (χ1v) is 7.94. The van der Waals surface area contributed by atoms with Crippen molar-refractivity contribution in [3.05, 3.63) is 57.5 Å². The highest BCUT2D eigenvalue weighted by atomic mass is 79.9. The lowest BCUT2D eigenvalue weighted by atomic mass is 9.94. The lowest BCUT2D eigenvalue weighted by Crippen LogP contribution is -2.24. The number of hydrogen-bond acceptors (Lipinski definition) is 2. The molecular formula is C17H22BrNO. The molecule has 3 heteroatoms. The minimum atomic E-state index is 0.280. The maximum absolute atomic E-state index is 5.40. The summed E-state index contributed by atoms with van der Waals surface area (Å²) in [5.41, 5.74) is 5.33. The van der Waals surface area contributed by atoms with E-state index < -0.39 is 0 Å². The normalized spacial score (nSPS) is 12.6. The molecule has 0 aliphatic rings. The van der Waals surface area contributed by atoms with Gasteiger partial charge in [0.05, 0.1) is 6.26 Å². The third-order valence-electron chi connectivity index (χ3n) is 3.71. The van der Waals surface area contributed by atoms with Crippen molar-refractivity contribution < 1.29 is 4.42 Å². The van der Waals surface area contributed by atoms with Gasteiger partial charge in [0, 0.05) is 11.6 Å². The van der Waals surface area contributed by atoms with E-state index in [0.29, 0.717) is 0 Å². The van der Waals surface area contributed by atoms with E-state index in [2.05, 4.69) is 60.2 Å². The summed E-state index contributed by atoms with van der Waals surface area (Å²) in [6, 6.07) is 8.82. The molecule has 2 nitrogen and oxygen atoms in total. The monoisotopic (exact) mass is 335 g/mol.